The SMILES string of the molecule is CCNC(CCC1CCCC1)c1sc(C)cc1Br. The summed E-state index contributed by atoms with van der Waals surface area (Å²) < 4.78 is 1.29. The molecular formula is C15H24BrNS. The molecule has 0 saturated heterocycles. The predicted molar refractivity (Wildman–Crippen MR) is 84.4 cm³/mol. The highest BCUT2D eigenvalue weighted by molar-refractivity contribution is 9.10. The smallest absolute Gasteiger partial charge is 0.0426 e. The molecule has 1 heterocycles. The van der Waals surface area contributed by atoms with Crippen LogP contribution in [0.15, 0.2) is 10.5 Å². The second-order valence-corrected chi connectivity index (χ2v) is 7.55. The zero-order valence-corrected chi connectivity index (χ0v) is 13.9. The van der Waals surface area contributed by atoms with E-state index in [2.05, 4.69) is 41.2 Å². The van der Waals surface area contributed by atoms with E-state index >= 15 is 0 Å². The summed E-state index contributed by atoms with van der Waals surface area (Å²) in [6.07, 6.45) is 8.52. The van der Waals surface area contributed by atoms with Crippen LogP contribution in [-0.2, 0) is 0 Å². The average molecular weight is 330 g/mol. The normalized spacial score (nSPS) is 18.4. The first kappa shape index (κ1) is 14.5. The third-order valence-electron chi connectivity index (χ3n) is 3.94. The van der Waals surface area contributed by atoms with Crippen LogP contribution < -0.4 is 5.32 Å². The first-order valence-corrected chi connectivity index (χ1v) is 8.81. The molecule has 2 rings (SSSR count). The average Bonchev–Trinajstić information content (AvgIpc) is 2.94. The molecule has 0 aliphatic heterocycles. The molecule has 1 N–H and O–H groups in total. The summed E-state index contributed by atoms with van der Waals surface area (Å²) in [4.78, 5) is 2.90. The van der Waals surface area contributed by atoms with Gasteiger partial charge >= 0.3 is 0 Å². The van der Waals surface area contributed by atoms with E-state index in [4.69, 9.17) is 0 Å². The van der Waals surface area contributed by atoms with Crippen molar-refractivity contribution in [1.82, 2.24) is 5.32 Å². The molecule has 1 aliphatic rings. The number of halogens is 1. The Kier molecular flexibility index (Phi) is 5.71. The van der Waals surface area contributed by atoms with Crippen molar-refractivity contribution < 1.29 is 0 Å². The third-order valence-corrected chi connectivity index (χ3v) is 6.02. The second-order valence-electron chi connectivity index (χ2n) is 5.41. The van der Waals surface area contributed by atoms with E-state index in [0.29, 0.717) is 6.04 Å². The first-order chi connectivity index (χ1) is 8.70. The molecular weight excluding hydrogens is 306 g/mol. The Labute approximate surface area is 123 Å². The second kappa shape index (κ2) is 7.06. The zero-order chi connectivity index (χ0) is 13.0. The largest absolute Gasteiger partial charge is 0.309 e. The highest BCUT2D eigenvalue weighted by Gasteiger charge is 2.20. The maximum atomic E-state index is 3.71. The van der Waals surface area contributed by atoms with E-state index in [9.17, 15) is 0 Å². The van der Waals surface area contributed by atoms with Crippen LogP contribution in [0.1, 0.15) is 61.2 Å². The molecule has 1 aromatic heterocycles. The molecule has 0 aromatic carbocycles. The van der Waals surface area contributed by atoms with Crippen LogP contribution in [0, 0.1) is 12.8 Å². The van der Waals surface area contributed by atoms with E-state index in [0.717, 1.165) is 12.5 Å². The van der Waals surface area contributed by atoms with Gasteiger partial charge in [0.15, 0.2) is 0 Å². The number of thiophene rings is 1. The quantitative estimate of drug-likeness (QED) is 0.732. The lowest BCUT2D eigenvalue weighted by molar-refractivity contribution is 0.419. The molecule has 1 aromatic rings. The summed E-state index contributed by atoms with van der Waals surface area (Å²) in [6, 6.07) is 2.79. The first-order valence-electron chi connectivity index (χ1n) is 7.20. The maximum absolute atomic E-state index is 3.71. The van der Waals surface area contributed by atoms with Crippen molar-refractivity contribution in [2.45, 2.75) is 58.4 Å². The van der Waals surface area contributed by atoms with E-state index in [-0.39, 0.29) is 0 Å². The molecule has 1 fully saturated rings. The van der Waals surface area contributed by atoms with Crippen LogP contribution in [0.5, 0.6) is 0 Å². The van der Waals surface area contributed by atoms with Gasteiger partial charge in [0.1, 0.15) is 0 Å². The molecule has 102 valence electrons. The van der Waals surface area contributed by atoms with Crippen LogP contribution in [0.3, 0.4) is 0 Å². The molecule has 3 heteroatoms. The van der Waals surface area contributed by atoms with Crippen molar-refractivity contribution in [3.63, 3.8) is 0 Å². The standard InChI is InChI=1S/C15H24BrNS/c1-3-17-14(9-8-12-6-4-5-7-12)15-13(16)10-11(2)18-15/h10,12,14,17H,3-9H2,1-2H3. The highest BCUT2D eigenvalue weighted by atomic mass is 79.9. The summed E-state index contributed by atoms with van der Waals surface area (Å²) in [5, 5.41) is 3.66. The minimum atomic E-state index is 0.545. The number of hydrogen-bond donors (Lipinski definition) is 1. The van der Waals surface area contributed by atoms with Crippen molar-refractivity contribution in [3.8, 4) is 0 Å². The Hall–Kier alpha value is 0.140. The lowest BCUT2D eigenvalue weighted by Gasteiger charge is -2.19. The molecule has 0 spiro atoms. The van der Waals surface area contributed by atoms with Crippen molar-refractivity contribution in [1.29, 1.82) is 0 Å². The van der Waals surface area contributed by atoms with Crippen LogP contribution in [0.25, 0.3) is 0 Å². The zero-order valence-electron chi connectivity index (χ0n) is 11.5. The topological polar surface area (TPSA) is 12.0 Å². The van der Waals surface area contributed by atoms with Gasteiger partial charge in [-0.25, -0.2) is 0 Å². The summed E-state index contributed by atoms with van der Waals surface area (Å²) in [5.41, 5.74) is 0. The summed E-state index contributed by atoms with van der Waals surface area (Å²) in [5.74, 6) is 0.992. The lowest BCUT2D eigenvalue weighted by Crippen LogP contribution is -2.21. The van der Waals surface area contributed by atoms with Gasteiger partial charge in [-0.2, -0.15) is 0 Å². The van der Waals surface area contributed by atoms with Crippen molar-refractivity contribution in [3.05, 3.63) is 20.3 Å². The molecule has 0 radical (unpaired) electrons. The van der Waals surface area contributed by atoms with Crippen molar-refractivity contribution >= 4 is 27.3 Å². The Balaban J connectivity index is 1.96. The fraction of sp³-hybridized carbons (Fsp3) is 0.733. The molecule has 1 aliphatic carbocycles. The number of aryl methyl sites for hydroxylation is 1. The van der Waals surface area contributed by atoms with Crippen molar-refractivity contribution in [2.75, 3.05) is 6.54 Å². The fourth-order valence-electron chi connectivity index (χ4n) is 3.01. The number of hydrogen-bond acceptors (Lipinski definition) is 2. The van der Waals surface area contributed by atoms with E-state index in [1.807, 2.05) is 11.3 Å². The number of rotatable bonds is 6. The minimum Gasteiger partial charge on any atom is -0.309 e. The van der Waals surface area contributed by atoms with Crippen LogP contribution in [0.2, 0.25) is 0 Å². The Bertz CT molecular complexity index is 369. The van der Waals surface area contributed by atoms with Gasteiger partial charge < -0.3 is 5.32 Å². The Morgan fingerprint density at radius 3 is 2.72 bits per heavy atom. The van der Waals surface area contributed by atoms with Gasteiger partial charge in [0, 0.05) is 20.3 Å². The van der Waals surface area contributed by atoms with Crippen LogP contribution in [-0.4, -0.2) is 6.54 Å². The van der Waals surface area contributed by atoms with Gasteiger partial charge in [0.05, 0.1) is 0 Å². The van der Waals surface area contributed by atoms with Gasteiger partial charge in [0.25, 0.3) is 0 Å². The minimum absolute atomic E-state index is 0.545. The predicted octanol–water partition coefficient (Wildman–Crippen LogP) is 5.44. The van der Waals surface area contributed by atoms with E-state index < -0.39 is 0 Å². The van der Waals surface area contributed by atoms with E-state index in [1.54, 1.807) is 0 Å². The van der Waals surface area contributed by atoms with Crippen LogP contribution in [0.4, 0.5) is 0 Å². The maximum Gasteiger partial charge on any atom is 0.0426 e. The molecule has 1 atom stereocenters. The highest BCUT2D eigenvalue weighted by Crippen LogP contribution is 2.37. The molecule has 1 saturated carbocycles. The fourth-order valence-corrected chi connectivity index (χ4v) is 5.05. The molecule has 18 heavy (non-hydrogen) atoms. The van der Waals surface area contributed by atoms with Gasteiger partial charge in [-0.1, -0.05) is 32.6 Å². The van der Waals surface area contributed by atoms with E-state index in [1.165, 1.54) is 52.8 Å². The van der Waals surface area contributed by atoms with Gasteiger partial charge in [-0.3, -0.25) is 0 Å². The number of nitrogens with one attached hydrogen (secondary N) is 1. The monoisotopic (exact) mass is 329 g/mol. The molecule has 1 nitrogen and oxygen atoms in total. The summed E-state index contributed by atoms with van der Waals surface area (Å²) >= 11 is 5.65. The Morgan fingerprint density at radius 2 is 2.17 bits per heavy atom. The van der Waals surface area contributed by atoms with Gasteiger partial charge in [-0.15, -0.1) is 11.3 Å². The summed E-state index contributed by atoms with van der Waals surface area (Å²) in [6.45, 7) is 5.45. The van der Waals surface area contributed by atoms with Crippen LogP contribution >= 0.6 is 27.3 Å². The van der Waals surface area contributed by atoms with Crippen molar-refractivity contribution in [2.24, 2.45) is 5.92 Å². The molecule has 0 amide bonds. The summed E-state index contributed by atoms with van der Waals surface area (Å²) in [7, 11) is 0. The molecule has 1 unspecified atom stereocenters. The van der Waals surface area contributed by atoms with Gasteiger partial charge in [0.2, 0.25) is 0 Å². The Morgan fingerprint density at radius 1 is 1.44 bits per heavy atom. The molecule has 0 bridgehead atoms. The third kappa shape index (κ3) is 3.82. The van der Waals surface area contributed by atoms with Gasteiger partial charge in [-0.05, 0) is 54.2 Å². The lowest BCUT2D eigenvalue weighted by atomic mass is 9.98.